The molecule has 26 heavy (non-hydrogen) atoms. The Kier molecular flexibility index (Phi) is 4.58. The van der Waals surface area contributed by atoms with Crippen LogP contribution in [0.2, 0.25) is 0 Å². The van der Waals surface area contributed by atoms with Crippen LogP contribution in [0.25, 0.3) is 0 Å². The molecule has 0 heterocycles. The normalized spacial score (nSPS) is 34.8. The molecule has 1 aromatic rings. The van der Waals surface area contributed by atoms with Crippen molar-refractivity contribution in [2.24, 2.45) is 17.6 Å². The minimum atomic E-state index is -2.42. The summed E-state index contributed by atoms with van der Waals surface area (Å²) >= 11 is 0. The number of carbonyl (C=O) groups excluding carboxylic acids is 1. The first kappa shape index (κ1) is 18.5. The summed E-state index contributed by atoms with van der Waals surface area (Å²) in [7, 11) is 0. The highest BCUT2D eigenvalue weighted by atomic mass is 19.1. The van der Waals surface area contributed by atoms with Gasteiger partial charge in [0.2, 0.25) is 5.67 Å². The number of carboxylic acids is 1. The molecule has 2 saturated carbocycles. The molecule has 3 rings (SSSR count). The molecule has 6 nitrogen and oxygen atoms in total. The second-order valence-corrected chi connectivity index (χ2v) is 6.64. The number of halogens is 2. The second-order valence-electron chi connectivity index (χ2n) is 6.64. The molecule has 2 fully saturated rings. The molecule has 0 amide bonds. The fourth-order valence-electron chi connectivity index (χ4n) is 3.82. The van der Waals surface area contributed by atoms with E-state index in [4.69, 9.17) is 15.2 Å². The highest BCUT2D eigenvalue weighted by Crippen LogP contribution is 2.67. The van der Waals surface area contributed by atoms with Crippen molar-refractivity contribution >= 4 is 11.9 Å². The number of aliphatic carboxylic acids is 1. The summed E-state index contributed by atoms with van der Waals surface area (Å²) < 4.78 is 38.3. The summed E-state index contributed by atoms with van der Waals surface area (Å²) in [4.78, 5) is 23.7. The SMILES string of the molecule is C=CCOC(=O)[C@@]1(F)[C@@H]2C[C@@H](OCc3ccc(F)cc3)[C@@](N)(C(=O)O)[C@@H]21. The second kappa shape index (κ2) is 6.44. The Hall–Kier alpha value is -2.32. The van der Waals surface area contributed by atoms with Gasteiger partial charge in [-0.2, -0.15) is 0 Å². The summed E-state index contributed by atoms with van der Waals surface area (Å²) in [5.74, 6) is -5.07. The number of carbonyl (C=O) groups is 2. The van der Waals surface area contributed by atoms with Gasteiger partial charge in [-0.3, -0.25) is 4.79 Å². The van der Waals surface area contributed by atoms with Crippen LogP contribution in [0.4, 0.5) is 8.78 Å². The van der Waals surface area contributed by atoms with Gasteiger partial charge in [0.1, 0.15) is 18.0 Å². The minimum Gasteiger partial charge on any atom is -0.480 e. The lowest BCUT2D eigenvalue weighted by Crippen LogP contribution is -2.60. The molecule has 140 valence electrons. The fraction of sp³-hybridized carbons (Fsp3) is 0.444. The molecule has 5 atom stereocenters. The van der Waals surface area contributed by atoms with Crippen molar-refractivity contribution in [3.63, 3.8) is 0 Å². The molecule has 0 unspecified atom stereocenters. The zero-order chi connectivity index (χ0) is 19.1. The third-order valence-corrected chi connectivity index (χ3v) is 5.18. The molecule has 3 N–H and O–H groups in total. The van der Waals surface area contributed by atoms with Crippen molar-refractivity contribution in [1.29, 1.82) is 0 Å². The lowest BCUT2D eigenvalue weighted by atomic mass is 9.88. The van der Waals surface area contributed by atoms with Gasteiger partial charge < -0.3 is 20.3 Å². The zero-order valence-corrected chi connectivity index (χ0v) is 13.9. The van der Waals surface area contributed by atoms with Crippen LogP contribution in [-0.2, 0) is 25.7 Å². The Labute approximate surface area is 148 Å². The highest BCUT2D eigenvalue weighted by molar-refractivity contribution is 5.91. The molecule has 2 aliphatic carbocycles. The topological polar surface area (TPSA) is 98.9 Å². The van der Waals surface area contributed by atoms with Crippen LogP contribution in [0, 0.1) is 17.7 Å². The van der Waals surface area contributed by atoms with Crippen molar-refractivity contribution in [2.45, 2.75) is 30.3 Å². The van der Waals surface area contributed by atoms with Gasteiger partial charge in [-0.1, -0.05) is 24.8 Å². The van der Waals surface area contributed by atoms with Gasteiger partial charge in [0.25, 0.3) is 0 Å². The molecule has 1 aromatic carbocycles. The van der Waals surface area contributed by atoms with Gasteiger partial charge in [-0.05, 0) is 24.1 Å². The largest absolute Gasteiger partial charge is 0.480 e. The molecule has 2 aliphatic rings. The van der Waals surface area contributed by atoms with E-state index in [9.17, 15) is 19.1 Å². The highest BCUT2D eigenvalue weighted by Gasteiger charge is 2.85. The van der Waals surface area contributed by atoms with Gasteiger partial charge in [-0.25, -0.2) is 13.6 Å². The molecule has 0 radical (unpaired) electrons. The van der Waals surface area contributed by atoms with Crippen LogP contribution >= 0.6 is 0 Å². The Bertz CT molecular complexity index is 740. The number of esters is 1. The van der Waals surface area contributed by atoms with Gasteiger partial charge in [0, 0.05) is 11.8 Å². The quantitative estimate of drug-likeness (QED) is 0.561. The average Bonchev–Trinajstić information content (AvgIpc) is 3.08. The van der Waals surface area contributed by atoms with Crippen LogP contribution < -0.4 is 5.73 Å². The molecule has 0 aliphatic heterocycles. The summed E-state index contributed by atoms with van der Waals surface area (Å²) in [6.45, 7) is 3.20. The van der Waals surface area contributed by atoms with E-state index in [1.807, 2.05) is 0 Å². The summed E-state index contributed by atoms with van der Waals surface area (Å²) in [6.07, 6.45) is 0.297. The van der Waals surface area contributed by atoms with Gasteiger partial charge >= 0.3 is 11.9 Å². The number of ether oxygens (including phenoxy) is 2. The molecule has 0 saturated heterocycles. The van der Waals surface area contributed by atoms with Crippen molar-refractivity contribution in [2.75, 3.05) is 6.61 Å². The van der Waals surface area contributed by atoms with E-state index in [0.717, 1.165) is 0 Å². The van der Waals surface area contributed by atoms with E-state index in [1.54, 1.807) is 0 Å². The number of hydrogen-bond donors (Lipinski definition) is 2. The molecule has 8 heteroatoms. The van der Waals surface area contributed by atoms with E-state index >= 15 is 4.39 Å². The van der Waals surface area contributed by atoms with Crippen LogP contribution in [-0.4, -0.2) is 41.0 Å². The Balaban J connectivity index is 1.73. The molecule has 0 bridgehead atoms. The van der Waals surface area contributed by atoms with Crippen molar-refractivity contribution in [3.05, 3.63) is 48.3 Å². The van der Waals surface area contributed by atoms with E-state index in [1.165, 1.54) is 30.3 Å². The zero-order valence-electron chi connectivity index (χ0n) is 13.9. The lowest BCUT2D eigenvalue weighted by Gasteiger charge is -2.32. The Morgan fingerprint density at radius 2 is 2.04 bits per heavy atom. The fourth-order valence-corrected chi connectivity index (χ4v) is 3.82. The summed E-state index contributed by atoms with van der Waals surface area (Å²) in [5, 5.41) is 9.57. The first-order chi connectivity index (χ1) is 12.3. The van der Waals surface area contributed by atoms with Crippen LogP contribution in [0.15, 0.2) is 36.9 Å². The molecule has 0 spiro atoms. The summed E-state index contributed by atoms with van der Waals surface area (Å²) in [6, 6.07) is 5.49. The van der Waals surface area contributed by atoms with Crippen molar-refractivity contribution < 1.29 is 33.0 Å². The standard InChI is InChI=1S/C18H19F2NO5/c1-2-7-25-16(24)17(20)12-8-13(18(21,14(12)17)15(22)23)26-9-10-3-5-11(19)6-4-10/h2-6,12-14H,1,7-9,21H2,(H,22,23)/t12-,13-,14+,17-,18+/m1/s1. The molecular formula is C18H19F2NO5. The van der Waals surface area contributed by atoms with E-state index in [2.05, 4.69) is 6.58 Å². The van der Waals surface area contributed by atoms with Gasteiger partial charge in [0.05, 0.1) is 12.7 Å². The maximum atomic E-state index is 15.0. The Morgan fingerprint density at radius 3 is 2.62 bits per heavy atom. The maximum Gasteiger partial charge on any atom is 0.344 e. The number of nitrogens with two attached hydrogens (primary N) is 1. The van der Waals surface area contributed by atoms with E-state index < -0.39 is 46.9 Å². The minimum absolute atomic E-state index is 0.00316. The number of alkyl halides is 1. The monoisotopic (exact) mass is 367 g/mol. The average molecular weight is 367 g/mol. The molecule has 0 aromatic heterocycles. The maximum absolute atomic E-state index is 15.0. The Morgan fingerprint density at radius 1 is 1.38 bits per heavy atom. The predicted molar refractivity (Wildman–Crippen MR) is 86.1 cm³/mol. The van der Waals surface area contributed by atoms with Crippen molar-refractivity contribution in [3.8, 4) is 0 Å². The van der Waals surface area contributed by atoms with E-state index in [-0.39, 0.29) is 19.6 Å². The third kappa shape index (κ3) is 2.69. The van der Waals surface area contributed by atoms with Crippen LogP contribution in [0.3, 0.4) is 0 Å². The third-order valence-electron chi connectivity index (χ3n) is 5.18. The van der Waals surface area contributed by atoms with Gasteiger partial charge in [0.15, 0.2) is 0 Å². The number of carboxylic acid groups (broad SMARTS) is 1. The van der Waals surface area contributed by atoms with E-state index in [0.29, 0.717) is 5.56 Å². The smallest absolute Gasteiger partial charge is 0.344 e. The van der Waals surface area contributed by atoms with Crippen LogP contribution in [0.1, 0.15) is 12.0 Å². The van der Waals surface area contributed by atoms with Crippen molar-refractivity contribution in [1.82, 2.24) is 0 Å². The molecular weight excluding hydrogens is 348 g/mol. The van der Waals surface area contributed by atoms with Gasteiger partial charge in [-0.15, -0.1) is 0 Å². The number of benzene rings is 1. The number of hydrogen-bond acceptors (Lipinski definition) is 5. The lowest BCUT2D eigenvalue weighted by molar-refractivity contribution is -0.159. The number of rotatable bonds is 7. The number of fused-ring (bicyclic) bond motifs is 1. The summed E-state index contributed by atoms with van der Waals surface area (Å²) in [5.41, 5.74) is 2.16. The first-order valence-corrected chi connectivity index (χ1v) is 8.11. The predicted octanol–water partition coefficient (Wildman–Crippen LogP) is 1.58. The first-order valence-electron chi connectivity index (χ1n) is 8.11. The van der Waals surface area contributed by atoms with Crippen LogP contribution in [0.5, 0.6) is 0 Å².